The number of nitrogens with one attached hydrogen (secondary N) is 2. The Morgan fingerprint density at radius 1 is 0.794 bits per heavy atom. The third-order valence-electron chi connectivity index (χ3n) is 4.69. The molecular formula is C21H14N4O8S. The van der Waals surface area contributed by atoms with Crippen molar-refractivity contribution in [2.24, 2.45) is 0 Å². The molecule has 2 N–H and O–H groups in total. The van der Waals surface area contributed by atoms with Crippen LogP contribution in [0.2, 0.25) is 0 Å². The quantitative estimate of drug-likeness (QED) is 0.223. The minimum atomic E-state index is -4.08. The number of nitro benzene ring substituents is 2. The summed E-state index contributed by atoms with van der Waals surface area (Å²) in [6.07, 6.45) is 0. The van der Waals surface area contributed by atoms with Crippen molar-refractivity contribution < 1.29 is 22.7 Å². The summed E-state index contributed by atoms with van der Waals surface area (Å²) in [5.41, 5.74) is -0.147. The second kappa shape index (κ2) is 8.63. The first-order valence-electron chi connectivity index (χ1n) is 9.49. The van der Waals surface area contributed by atoms with Gasteiger partial charge in [0, 0.05) is 47.1 Å². The molecular weight excluding hydrogens is 468 g/mol. The van der Waals surface area contributed by atoms with Crippen LogP contribution in [-0.4, -0.2) is 18.3 Å². The Labute approximate surface area is 190 Å². The van der Waals surface area contributed by atoms with Gasteiger partial charge in [0.2, 0.25) is 0 Å². The van der Waals surface area contributed by atoms with E-state index in [1.807, 2.05) is 0 Å². The summed E-state index contributed by atoms with van der Waals surface area (Å²) in [7, 11) is -4.08. The maximum Gasteiger partial charge on any atom is 0.338 e. The molecule has 0 amide bonds. The van der Waals surface area contributed by atoms with E-state index in [2.05, 4.69) is 10.0 Å². The summed E-state index contributed by atoms with van der Waals surface area (Å²) in [6.45, 7) is 0. The predicted octanol–water partition coefficient (Wildman–Crippen LogP) is 4.15. The molecule has 4 rings (SSSR count). The van der Waals surface area contributed by atoms with E-state index >= 15 is 0 Å². The maximum atomic E-state index is 12.6. The molecule has 34 heavy (non-hydrogen) atoms. The molecule has 3 aromatic carbocycles. The second-order valence-corrected chi connectivity index (χ2v) is 8.66. The number of hydrogen-bond acceptors (Lipinski definition) is 9. The van der Waals surface area contributed by atoms with Crippen LogP contribution in [0.5, 0.6) is 0 Å². The zero-order valence-corrected chi connectivity index (χ0v) is 17.8. The first-order chi connectivity index (χ1) is 16.1. The van der Waals surface area contributed by atoms with Gasteiger partial charge < -0.3 is 9.73 Å². The lowest BCUT2D eigenvalue weighted by Crippen LogP contribution is -2.13. The monoisotopic (exact) mass is 482 g/mol. The molecule has 1 aromatic heterocycles. The Kier molecular flexibility index (Phi) is 5.69. The van der Waals surface area contributed by atoms with E-state index in [4.69, 9.17) is 4.42 Å². The van der Waals surface area contributed by atoms with Gasteiger partial charge in [0.05, 0.1) is 20.4 Å². The van der Waals surface area contributed by atoms with E-state index in [1.54, 1.807) is 0 Å². The molecule has 0 saturated heterocycles. The fourth-order valence-electron chi connectivity index (χ4n) is 3.12. The summed E-state index contributed by atoms with van der Waals surface area (Å²) in [4.78, 5) is 32.3. The third-order valence-corrected chi connectivity index (χ3v) is 6.07. The van der Waals surface area contributed by atoms with Crippen LogP contribution in [0.1, 0.15) is 0 Å². The molecule has 172 valence electrons. The van der Waals surface area contributed by atoms with Crippen molar-refractivity contribution in [1.29, 1.82) is 0 Å². The smallest absolute Gasteiger partial charge is 0.338 e. The molecule has 0 atom stereocenters. The highest BCUT2D eigenvalue weighted by atomic mass is 32.2. The molecule has 0 bridgehead atoms. The van der Waals surface area contributed by atoms with E-state index in [-0.39, 0.29) is 33.2 Å². The standard InChI is InChI=1S/C21H14N4O8S/c26-21-12-19(18-11-16(25(29)30)8-9-20(18)33-21)22-13-4-6-14(7-5-13)23-34(31,32)17-3-1-2-15(10-17)24(27)28/h1-12,22-23H. The number of hydrogen-bond donors (Lipinski definition) is 2. The summed E-state index contributed by atoms with van der Waals surface area (Å²) in [5.74, 6) is 0. The second-order valence-electron chi connectivity index (χ2n) is 6.98. The first kappa shape index (κ1) is 22.4. The number of nitrogens with zero attached hydrogens (tertiary/aromatic N) is 2. The Balaban J connectivity index is 1.59. The van der Waals surface area contributed by atoms with Gasteiger partial charge in [-0.3, -0.25) is 25.0 Å². The van der Waals surface area contributed by atoms with Crippen molar-refractivity contribution in [3.05, 3.63) is 103 Å². The molecule has 4 aromatic rings. The van der Waals surface area contributed by atoms with E-state index in [0.29, 0.717) is 11.1 Å². The number of fused-ring (bicyclic) bond motifs is 1. The van der Waals surface area contributed by atoms with Crippen molar-refractivity contribution in [3.63, 3.8) is 0 Å². The van der Waals surface area contributed by atoms with Crippen LogP contribution in [0, 0.1) is 20.2 Å². The van der Waals surface area contributed by atoms with Gasteiger partial charge in [0.1, 0.15) is 5.58 Å². The minimum absolute atomic E-state index is 0.155. The predicted molar refractivity (Wildman–Crippen MR) is 123 cm³/mol. The Hall–Kier alpha value is -4.78. The average Bonchev–Trinajstić information content (AvgIpc) is 2.80. The molecule has 0 aliphatic heterocycles. The molecule has 1 heterocycles. The highest BCUT2D eigenvalue weighted by molar-refractivity contribution is 7.92. The number of rotatable bonds is 7. The zero-order valence-electron chi connectivity index (χ0n) is 17.0. The van der Waals surface area contributed by atoms with Crippen LogP contribution < -0.4 is 15.7 Å². The van der Waals surface area contributed by atoms with E-state index in [9.17, 15) is 33.4 Å². The van der Waals surface area contributed by atoms with Crippen LogP contribution in [0.4, 0.5) is 28.4 Å². The average molecular weight is 482 g/mol. The lowest BCUT2D eigenvalue weighted by atomic mass is 10.1. The number of nitro groups is 2. The zero-order chi connectivity index (χ0) is 24.5. The van der Waals surface area contributed by atoms with Crippen LogP contribution in [0.25, 0.3) is 11.0 Å². The van der Waals surface area contributed by atoms with E-state index in [0.717, 1.165) is 12.1 Å². The summed E-state index contributed by atoms with van der Waals surface area (Å²) < 4.78 is 32.6. The Bertz CT molecular complexity index is 1600. The van der Waals surface area contributed by atoms with E-state index < -0.39 is 25.5 Å². The molecule has 0 unspecified atom stereocenters. The van der Waals surface area contributed by atoms with Crippen molar-refractivity contribution in [2.75, 3.05) is 10.0 Å². The van der Waals surface area contributed by atoms with Crippen LogP contribution >= 0.6 is 0 Å². The third kappa shape index (κ3) is 4.68. The summed E-state index contributed by atoms with van der Waals surface area (Å²) >= 11 is 0. The molecule has 13 heteroatoms. The summed E-state index contributed by atoms with van der Waals surface area (Å²) in [5, 5.41) is 25.3. The number of benzene rings is 3. The van der Waals surface area contributed by atoms with Gasteiger partial charge >= 0.3 is 5.63 Å². The van der Waals surface area contributed by atoms with E-state index in [1.165, 1.54) is 60.7 Å². The van der Waals surface area contributed by atoms with Crippen molar-refractivity contribution >= 4 is 49.4 Å². The normalized spacial score (nSPS) is 11.2. The van der Waals surface area contributed by atoms with Crippen LogP contribution in [0.15, 0.2) is 86.9 Å². The first-order valence-corrected chi connectivity index (χ1v) is 11.0. The molecule has 0 aliphatic rings. The van der Waals surface area contributed by atoms with Gasteiger partial charge in [-0.1, -0.05) is 6.07 Å². The van der Waals surface area contributed by atoms with Crippen molar-refractivity contribution in [1.82, 2.24) is 0 Å². The largest absolute Gasteiger partial charge is 0.423 e. The highest BCUT2D eigenvalue weighted by Gasteiger charge is 2.18. The SMILES string of the molecule is O=c1cc(Nc2ccc(NS(=O)(=O)c3cccc([N+](=O)[O-])c3)cc2)c2cc([N+](=O)[O-])ccc2o1. The fraction of sp³-hybridized carbons (Fsp3) is 0. The molecule has 0 saturated carbocycles. The van der Waals surface area contributed by atoms with Gasteiger partial charge in [-0.05, 0) is 36.4 Å². The fourth-order valence-corrected chi connectivity index (χ4v) is 4.22. The molecule has 0 spiro atoms. The van der Waals surface area contributed by atoms with Gasteiger partial charge in [0.15, 0.2) is 0 Å². The van der Waals surface area contributed by atoms with Gasteiger partial charge in [-0.2, -0.15) is 0 Å². The van der Waals surface area contributed by atoms with Crippen LogP contribution in [0.3, 0.4) is 0 Å². The molecule has 12 nitrogen and oxygen atoms in total. The number of sulfonamides is 1. The highest BCUT2D eigenvalue weighted by Crippen LogP contribution is 2.29. The van der Waals surface area contributed by atoms with Gasteiger partial charge in [0.25, 0.3) is 21.4 Å². The number of non-ortho nitro benzene ring substituents is 2. The lowest BCUT2D eigenvalue weighted by molar-refractivity contribution is -0.385. The lowest BCUT2D eigenvalue weighted by Gasteiger charge is -2.11. The Morgan fingerprint density at radius 3 is 2.12 bits per heavy atom. The van der Waals surface area contributed by atoms with Crippen molar-refractivity contribution in [2.45, 2.75) is 4.90 Å². The van der Waals surface area contributed by atoms with Gasteiger partial charge in [-0.15, -0.1) is 0 Å². The molecule has 0 aliphatic carbocycles. The van der Waals surface area contributed by atoms with Crippen LogP contribution in [-0.2, 0) is 10.0 Å². The minimum Gasteiger partial charge on any atom is -0.423 e. The van der Waals surface area contributed by atoms with Gasteiger partial charge in [-0.25, -0.2) is 13.2 Å². The molecule has 0 fully saturated rings. The maximum absolute atomic E-state index is 12.6. The summed E-state index contributed by atoms with van der Waals surface area (Å²) in [6, 6.07) is 15.5. The van der Waals surface area contributed by atoms with Crippen molar-refractivity contribution in [3.8, 4) is 0 Å². The number of anilines is 3. The Morgan fingerprint density at radius 2 is 1.44 bits per heavy atom. The molecule has 0 radical (unpaired) electrons. The topological polar surface area (TPSA) is 175 Å².